The fourth-order valence-corrected chi connectivity index (χ4v) is 1.94. The Labute approximate surface area is 112 Å². The molecule has 1 aromatic heterocycles. The molecule has 1 amide bonds. The van der Waals surface area contributed by atoms with Gasteiger partial charge in [0.25, 0.3) is 5.91 Å². The van der Waals surface area contributed by atoms with Gasteiger partial charge in [0.2, 0.25) is 0 Å². The predicted octanol–water partition coefficient (Wildman–Crippen LogP) is 1.81. The number of nitrogens with two attached hydrogens (primary N) is 1. The molecule has 5 heteroatoms. The van der Waals surface area contributed by atoms with Crippen LogP contribution in [0.5, 0.6) is 0 Å². The second kappa shape index (κ2) is 5.40. The Hall–Kier alpha value is -1.88. The van der Waals surface area contributed by atoms with E-state index >= 15 is 0 Å². The molecule has 0 radical (unpaired) electrons. The lowest BCUT2D eigenvalue weighted by Gasteiger charge is -2.26. The Morgan fingerprint density at radius 3 is 2.84 bits per heavy atom. The lowest BCUT2D eigenvalue weighted by atomic mass is 9.94. The number of benzene rings is 1. The van der Waals surface area contributed by atoms with E-state index in [1.807, 2.05) is 19.9 Å². The van der Waals surface area contributed by atoms with Crippen molar-refractivity contribution in [3.63, 3.8) is 0 Å². The number of H-pyrrole nitrogens is 1. The molecule has 0 unspecified atom stereocenters. The number of nitrogens with one attached hydrogen (secondary N) is 2. The van der Waals surface area contributed by atoms with Gasteiger partial charge >= 0.3 is 0 Å². The van der Waals surface area contributed by atoms with Gasteiger partial charge in [0, 0.05) is 23.0 Å². The summed E-state index contributed by atoms with van der Waals surface area (Å²) in [7, 11) is 0. The summed E-state index contributed by atoms with van der Waals surface area (Å²) in [6.07, 6.45) is 3.41. The Bertz CT molecular complexity index is 572. The monoisotopic (exact) mass is 260 g/mol. The normalized spacial score (nSPS) is 11.7. The smallest absolute Gasteiger partial charge is 0.251 e. The topological polar surface area (TPSA) is 83.8 Å². The number of aromatic amines is 1. The highest BCUT2D eigenvalue weighted by molar-refractivity contribution is 5.97. The minimum atomic E-state index is -0.326. The summed E-state index contributed by atoms with van der Waals surface area (Å²) in [4.78, 5) is 12.1. The van der Waals surface area contributed by atoms with Crippen molar-refractivity contribution in [3.8, 4) is 0 Å². The molecule has 19 heavy (non-hydrogen) atoms. The van der Waals surface area contributed by atoms with Crippen LogP contribution < -0.4 is 11.1 Å². The molecule has 0 spiro atoms. The zero-order valence-electron chi connectivity index (χ0n) is 11.4. The van der Waals surface area contributed by atoms with Crippen molar-refractivity contribution < 1.29 is 4.79 Å². The maximum absolute atomic E-state index is 12.1. The molecule has 2 aromatic rings. The summed E-state index contributed by atoms with van der Waals surface area (Å²) in [5, 5.41) is 10.7. The highest BCUT2D eigenvalue weighted by atomic mass is 16.1. The number of nitrogens with zero attached hydrogens (tertiary/aromatic N) is 1. The van der Waals surface area contributed by atoms with E-state index in [1.165, 1.54) is 0 Å². The van der Waals surface area contributed by atoms with Crippen molar-refractivity contribution in [2.24, 2.45) is 5.73 Å². The molecule has 0 fully saturated rings. The summed E-state index contributed by atoms with van der Waals surface area (Å²) in [5.41, 5.74) is 7.32. The number of fused-ring (bicyclic) bond motifs is 1. The van der Waals surface area contributed by atoms with E-state index in [9.17, 15) is 4.79 Å². The van der Waals surface area contributed by atoms with Crippen molar-refractivity contribution in [1.82, 2.24) is 15.5 Å². The fourth-order valence-electron chi connectivity index (χ4n) is 1.94. The Kier molecular flexibility index (Phi) is 3.85. The van der Waals surface area contributed by atoms with Crippen LogP contribution in [0.15, 0.2) is 24.4 Å². The quantitative estimate of drug-likeness (QED) is 0.766. The van der Waals surface area contributed by atoms with Crippen LogP contribution in [0.2, 0.25) is 0 Å². The first-order chi connectivity index (χ1) is 9.08. The molecule has 1 aromatic carbocycles. The summed E-state index contributed by atoms with van der Waals surface area (Å²) < 4.78 is 0. The maximum Gasteiger partial charge on any atom is 0.251 e. The Balaban J connectivity index is 2.07. The molecule has 0 bridgehead atoms. The second-order valence-electron chi connectivity index (χ2n) is 4.92. The third kappa shape index (κ3) is 2.93. The van der Waals surface area contributed by atoms with Gasteiger partial charge in [-0.05, 0) is 25.0 Å². The molecule has 2 rings (SSSR count). The van der Waals surface area contributed by atoms with Gasteiger partial charge < -0.3 is 11.1 Å². The molecule has 1 heterocycles. The number of hydrogen-bond donors (Lipinski definition) is 3. The van der Waals surface area contributed by atoms with E-state index in [1.54, 1.807) is 18.3 Å². The zero-order chi connectivity index (χ0) is 13.9. The Morgan fingerprint density at radius 2 is 2.16 bits per heavy atom. The summed E-state index contributed by atoms with van der Waals surface area (Å²) in [5.74, 6) is -0.103. The first kappa shape index (κ1) is 13.5. The van der Waals surface area contributed by atoms with E-state index in [2.05, 4.69) is 15.5 Å². The molecule has 4 N–H and O–H groups in total. The van der Waals surface area contributed by atoms with Gasteiger partial charge in [0.1, 0.15) is 0 Å². The lowest BCUT2D eigenvalue weighted by molar-refractivity contribution is 0.0942. The van der Waals surface area contributed by atoms with E-state index < -0.39 is 0 Å². The van der Waals surface area contributed by atoms with Crippen LogP contribution in [0.1, 0.15) is 37.0 Å². The molecule has 0 saturated heterocycles. The SMILES string of the molecule is CCC(N)(CC)CNC(=O)c1ccc2cn[nH]c2c1. The van der Waals surface area contributed by atoms with Gasteiger partial charge in [-0.2, -0.15) is 5.10 Å². The van der Waals surface area contributed by atoms with Gasteiger partial charge in [-0.1, -0.05) is 19.9 Å². The molecule has 0 saturated carbocycles. The molecule has 102 valence electrons. The number of hydrogen-bond acceptors (Lipinski definition) is 3. The molecule has 0 aliphatic heterocycles. The van der Waals surface area contributed by atoms with Crippen LogP contribution >= 0.6 is 0 Å². The molecule has 0 aliphatic rings. The molecule has 0 atom stereocenters. The zero-order valence-corrected chi connectivity index (χ0v) is 11.4. The highest BCUT2D eigenvalue weighted by Crippen LogP contribution is 2.13. The minimum Gasteiger partial charge on any atom is -0.350 e. The van der Waals surface area contributed by atoms with E-state index in [-0.39, 0.29) is 11.4 Å². The number of carbonyl (C=O) groups is 1. The number of aromatic nitrogens is 2. The minimum absolute atomic E-state index is 0.103. The van der Waals surface area contributed by atoms with Gasteiger partial charge in [-0.15, -0.1) is 0 Å². The summed E-state index contributed by atoms with van der Waals surface area (Å²) in [6, 6.07) is 5.47. The second-order valence-corrected chi connectivity index (χ2v) is 4.92. The van der Waals surface area contributed by atoms with Crippen LogP contribution in [0.25, 0.3) is 10.9 Å². The summed E-state index contributed by atoms with van der Waals surface area (Å²) in [6.45, 7) is 4.55. The van der Waals surface area contributed by atoms with Crippen LogP contribution in [0.3, 0.4) is 0 Å². The Morgan fingerprint density at radius 1 is 1.42 bits per heavy atom. The van der Waals surface area contributed by atoms with Crippen LogP contribution in [0, 0.1) is 0 Å². The first-order valence-corrected chi connectivity index (χ1v) is 6.58. The van der Waals surface area contributed by atoms with Crippen molar-refractivity contribution in [2.75, 3.05) is 6.54 Å². The average Bonchev–Trinajstić information content (AvgIpc) is 2.91. The lowest BCUT2D eigenvalue weighted by Crippen LogP contribution is -2.49. The number of carbonyl (C=O) groups excluding carboxylic acids is 1. The van der Waals surface area contributed by atoms with E-state index in [0.29, 0.717) is 12.1 Å². The van der Waals surface area contributed by atoms with Gasteiger partial charge in [0.05, 0.1) is 11.7 Å². The molecule has 0 aliphatic carbocycles. The largest absolute Gasteiger partial charge is 0.350 e. The third-order valence-corrected chi connectivity index (χ3v) is 3.71. The predicted molar refractivity (Wildman–Crippen MR) is 75.9 cm³/mol. The maximum atomic E-state index is 12.1. The van der Waals surface area contributed by atoms with Gasteiger partial charge in [-0.3, -0.25) is 9.89 Å². The van der Waals surface area contributed by atoms with Crippen LogP contribution in [0.4, 0.5) is 0 Å². The van der Waals surface area contributed by atoms with E-state index in [0.717, 1.165) is 23.7 Å². The van der Waals surface area contributed by atoms with Crippen molar-refractivity contribution in [1.29, 1.82) is 0 Å². The van der Waals surface area contributed by atoms with E-state index in [4.69, 9.17) is 5.73 Å². The van der Waals surface area contributed by atoms with Crippen LogP contribution in [-0.4, -0.2) is 28.2 Å². The highest BCUT2D eigenvalue weighted by Gasteiger charge is 2.21. The number of amides is 1. The van der Waals surface area contributed by atoms with Crippen molar-refractivity contribution in [2.45, 2.75) is 32.2 Å². The average molecular weight is 260 g/mol. The standard InChI is InChI=1S/C14H20N4O/c1-3-14(15,4-2)9-16-13(19)10-5-6-11-8-17-18-12(11)7-10/h5-8H,3-4,9,15H2,1-2H3,(H,16,19)(H,17,18). The van der Waals surface area contributed by atoms with Crippen molar-refractivity contribution in [3.05, 3.63) is 30.0 Å². The molecule has 5 nitrogen and oxygen atoms in total. The molecular formula is C14H20N4O. The first-order valence-electron chi connectivity index (χ1n) is 6.58. The van der Waals surface area contributed by atoms with Gasteiger partial charge in [0.15, 0.2) is 0 Å². The number of rotatable bonds is 5. The van der Waals surface area contributed by atoms with Crippen molar-refractivity contribution >= 4 is 16.8 Å². The van der Waals surface area contributed by atoms with Crippen LogP contribution in [-0.2, 0) is 0 Å². The molecular weight excluding hydrogens is 240 g/mol. The van der Waals surface area contributed by atoms with Gasteiger partial charge in [-0.25, -0.2) is 0 Å². The third-order valence-electron chi connectivity index (χ3n) is 3.71. The summed E-state index contributed by atoms with van der Waals surface area (Å²) >= 11 is 0. The fraction of sp³-hybridized carbons (Fsp3) is 0.429.